The largest absolute Gasteiger partial charge is 0.254 e. The van der Waals surface area contributed by atoms with Crippen molar-refractivity contribution in [2.24, 2.45) is 0 Å². The Kier molecular flexibility index (Phi) is 8.40. The van der Waals surface area contributed by atoms with Gasteiger partial charge in [-0.25, -0.2) is 15.0 Å². The van der Waals surface area contributed by atoms with Crippen molar-refractivity contribution in [2.75, 3.05) is 0 Å². The van der Waals surface area contributed by atoms with Crippen LogP contribution in [0.15, 0.2) is 231 Å². The first-order chi connectivity index (χ1) is 32.2. The highest BCUT2D eigenvalue weighted by Crippen LogP contribution is 2.57. The average Bonchev–Trinajstić information content (AvgIpc) is 3.68. The van der Waals surface area contributed by atoms with Crippen LogP contribution in [-0.4, -0.2) is 19.9 Å². The summed E-state index contributed by atoms with van der Waals surface area (Å²) in [6.45, 7) is 0. The molecule has 0 aliphatic heterocycles. The molecule has 13 rings (SSSR count). The fraction of sp³-hybridized carbons (Fsp3) is 0.0164. The number of rotatable bonds is 6. The van der Waals surface area contributed by atoms with E-state index in [2.05, 4.69) is 200 Å². The van der Waals surface area contributed by atoms with E-state index in [4.69, 9.17) is 19.9 Å². The molecular formula is C61H38N4. The number of hydrogen-bond acceptors (Lipinski definition) is 4. The Hall–Kier alpha value is -8.60. The predicted octanol–water partition coefficient (Wildman–Crippen LogP) is 14.9. The third-order valence-electron chi connectivity index (χ3n) is 13.4. The van der Waals surface area contributed by atoms with E-state index in [0.717, 1.165) is 83.1 Å². The van der Waals surface area contributed by atoms with Crippen LogP contribution in [0.3, 0.4) is 0 Å². The van der Waals surface area contributed by atoms with Gasteiger partial charge in [0.2, 0.25) is 0 Å². The van der Waals surface area contributed by atoms with Gasteiger partial charge in [0.1, 0.15) is 0 Å². The fourth-order valence-electron chi connectivity index (χ4n) is 10.3. The number of benzene rings is 8. The molecule has 0 saturated heterocycles. The molecule has 0 bridgehead atoms. The van der Waals surface area contributed by atoms with Crippen molar-refractivity contribution < 1.29 is 0 Å². The van der Waals surface area contributed by atoms with E-state index >= 15 is 0 Å². The first kappa shape index (κ1) is 37.0. The van der Waals surface area contributed by atoms with Crippen molar-refractivity contribution in [2.45, 2.75) is 5.41 Å². The van der Waals surface area contributed by atoms with Gasteiger partial charge in [0, 0.05) is 44.4 Å². The molecule has 4 heteroatoms. The number of para-hydroxylation sites is 1. The van der Waals surface area contributed by atoms with Crippen LogP contribution in [0.25, 0.3) is 99.6 Å². The zero-order valence-corrected chi connectivity index (χ0v) is 35.2. The molecule has 4 nitrogen and oxygen atoms in total. The minimum absolute atomic E-state index is 0.495. The molecule has 1 aliphatic rings. The lowest BCUT2D eigenvalue weighted by Gasteiger charge is -2.34. The molecule has 0 fully saturated rings. The number of nitrogens with zero attached hydrogens (tertiary/aromatic N) is 4. The van der Waals surface area contributed by atoms with Crippen molar-refractivity contribution in [3.05, 3.63) is 253 Å². The quantitative estimate of drug-likeness (QED) is 0.157. The van der Waals surface area contributed by atoms with Gasteiger partial charge in [0.25, 0.3) is 0 Å². The van der Waals surface area contributed by atoms with Crippen molar-refractivity contribution in [3.8, 4) is 56.2 Å². The van der Waals surface area contributed by atoms with Gasteiger partial charge in [-0.3, -0.25) is 4.98 Å². The molecule has 0 unspecified atom stereocenters. The second-order valence-corrected chi connectivity index (χ2v) is 16.9. The predicted molar refractivity (Wildman–Crippen MR) is 267 cm³/mol. The fourth-order valence-corrected chi connectivity index (χ4v) is 10.3. The van der Waals surface area contributed by atoms with Crippen molar-refractivity contribution in [1.82, 2.24) is 19.9 Å². The van der Waals surface area contributed by atoms with Gasteiger partial charge in [-0.05, 0) is 86.8 Å². The molecule has 0 radical (unpaired) electrons. The summed E-state index contributed by atoms with van der Waals surface area (Å²) in [5, 5.41) is 5.55. The second kappa shape index (κ2) is 14.8. The maximum Gasteiger partial charge on any atom is 0.0973 e. The Morgan fingerprint density at radius 1 is 0.323 bits per heavy atom. The summed E-state index contributed by atoms with van der Waals surface area (Å²) in [5.41, 5.74) is 17.5. The Morgan fingerprint density at radius 2 is 0.923 bits per heavy atom. The van der Waals surface area contributed by atoms with E-state index in [9.17, 15) is 0 Å². The van der Waals surface area contributed by atoms with Gasteiger partial charge < -0.3 is 0 Å². The Morgan fingerprint density at radius 3 is 1.66 bits per heavy atom. The molecule has 8 aromatic carbocycles. The van der Waals surface area contributed by atoms with E-state index in [1.165, 1.54) is 38.8 Å². The van der Waals surface area contributed by atoms with Gasteiger partial charge >= 0.3 is 0 Å². The van der Waals surface area contributed by atoms with Crippen LogP contribution >= 0.6 is 0 Å². The molecule has 0 atom stereocenters. The molecule has 0 spiro atoms. The first-order valence-corrected chi connectivity index (χ1v) is 22.1. The summed E-state index contributed by atoms with van der Waals surface area (Å²) >= 11 is 0. The third kappa shape index (κ3) is 5.85. The highest BCUT2D eigenvalue weighted by Gasteiger charge is 2.46. The van der Waals surface area contributed by atoms with Crippen LogP contribution in [0.1, 0.15) is 22.3 Å². The summed E-state index contributed by atoms with van der Waals surface area (Å²) in [6, 6.07) is 80.2. The summed E-state index contributed by atoms with van der Waals surface area (Å²) in [4.78, 5) is 20.7. The van der Waals surface area contributed by atoms with Crippen molar-refractivity contribution in [1.29, 1.82) is 0 Å². The van der Waals surface area contributed by atoms with Crippen LogP contribution < -0.4 is 0 Å². The van der Waals surface area contributed by atoms with E-state index in [0.29, 0.717) is 0 Å². The SMILES string of the molecule is c1ccc(-c2ccc3ccc4ccc(-c5ccc(-c6cccc(-c7nc8ccccc8c8cc9c(cc78)-c7ccccc7C9(c7ccccc7)c7ccccc7)c6)cn5)nc4c3n2)cc1. The number of hydrogen-bond donors (Lipinski definition) is 0. The lowest BCUT2D eigenvalue weighted by Crippen LogP contribution is -2.28. The van der Waals surface area contributed by atoms with Crippen molar-refractivity contribution >= 4 is 43.5 Å². The number of fused-ring (bicyclic) bond motifs is 9. The van der Waals surface area contributed by atoms with Gasteiger partial charge in [0.15, 0.2) is 0 Å². The van der Waals surface area contributed by atoms with Crippen LogP contribution in [0.4, 0.5) is 0 Å². The van der Waals surface area contributed by atoms with Gasteiger partial charge in [-0.2, -0.15) is 0 Å². The molecule has 12 aromatic rings. The molecule has 302 valence electrons. The smallest absolute Gasteiger partial charge is 0.0973 e. The monoisotopic (exact) mass is 826 g/mol. The van der Waals surface area contributed by atoms with E-state index < -0.39 is 5.41 Å². The lowest BCUT2D eigenvalue weighted by molar-refractivity contribution is 0.769. The van der Waals surface area contributed by atoms with Crippen LogP contribution in [-0.2, 0) is 5.41 Å². The average molecular weight is 827 g/mol. The standard InChI is InChI=1S/C61H38N4/c1-4-15-39(16-5-1)54-32-29-40-27-28-41-30-34-57(65-60(41)59(40)63-54)56-33-31-44(38-62-56)42-17-14-18-43(35-42)58-51-36-50-47-23-10-12-25-52(47)61(45-19-6-2-7-20-45,46-21-8-3-9-22-46)53(50)37-49(51)48-24-11-13-26-55(48)64-58/h1-38H. The maximum absolute atomic E-state index is 5.44. The molecule has 4 heterocycles. The summed E-state index contributed by atoms with van der Waals surface area (Å²) in [6.07, 6.45) is 1.96. The first-order valence-electron chi connectivity index (χ1n) is 22.1. The molecular weight excluding hydrogens is 789 g/mol. The molecule has 65 heavy (non-hydrogen) atoms. The zero-order chi connectivity index (χ0) is 42.9. The molecule has 0 saturated carbocycles. The van der Waals surface area contributed by atoms with Crippen molar-refractivity contribution in [3.63, 3.8) is 0 Å². The minimum Gasteiger partial charge on any atom is -0.254 e. The highest BCUT2D eigenvalue weighted by atomic mass is 14.8. The van der Waals surface area contributed by atoms with Crippen LogP contribution in [0, 0.1) is 0 Å². The Balaban J connectivity index is 0.930. The van der Waals surface area contributed by atoms with E-state index in [1.54, 1.807) is 0 Å². The molecule has 0 N–H and O–H groups in total. The van der Waals surface area contributed by atoms with E-state index in [-0.39, 0.29) is 0 Å². The minimum atomic E-state index is -0.495. The van der Waals surface area contributed by atoms with Gasteiger partial charge in [-0.15, -0.1) is 0 Å². The lowest BCUT2D eigenvalue weighted by atomic mass is 9.67. The maximum atomic E-state index is 5.44. The van der Waals surface area contributed by atoms with Gasteiger partial charge in [0.05, 0.1) is 44.7 Å². The topological polar surface area (TPSA) is 51.6 Å². The molecule has 0 amide bonds. The highest BCUT2D eigenvalue weighted by molar-refractivity contribution is 6.13. The van der Waals surface area contributed by atoms with Crippen LogP contribution in [0.5, 0.6) is 0 Å². The number of pyridine rings is 4. The summed E-state index contributed by atoms with van der Waals surface area (Å²) < 4.78 is 0. The summed E-state index contributed by atoms with van der Waals surface area (Å²) in [7, 11) is 0. The molecule has 4 aromatic heterocycles. The molecule has 1 aliphatic carbocycles. The Bertz CT molecular complexity index is 3770. The van der Waals surface area contributed by atoms with E-state index in [1.807, 2.05) is 30.5 Å². The van der Waals surface area contributed by atoms with Gasteiger partial charge in [-0.1, -0.05) is 182 Å². The van der Waals surface area contributed by atoms with Crippen LogP contribution in [0.2, 0.25) is 0 Å². The Labute approximate surface area is 376 Å². The number of aromatic nitrogens is 4. The summed E-state index contributed by atoms with van der Waals surface area (Å²) in [5.74, 6) is 0. The normalized spacial score (nSPS) is 12.7. The zero-order valence-electron chi connectivity index (χ0n) is 35.2. The second-order valence-electron chi connectivity index (χ2n) is 16.9. The third-order valence-corrected chi connectivity index (χ3v) is 13.4.